The van der Waals surface area contributed by atoms with Crippen molar-refractivity contribution in [1.29, 1.82) is 0 Å². The lowest BCUT2D eigenvalue weighted by molar-refractivity contribution is 0.237. The second-order valence-corrected chi connectivity index (χ2v) is 7.15. The van der Waals surface area contributed by atoms with Crippen molar-refractivity contribution in [2.24, 2.45) is 0 Å². The van der Waals surface area contributed by atoms with Crippen LogP contribution in [0.1, 0.15) is 19.8 Å². The molecule has 1 aromatic carbocycles. The van der Waals surface area contributed by atoms with E-state index in [2.05, 4.69) is 11.8 Å². The number of nitrogens with zero attached hydrogens (tertiary/aromatic N) is 2. The first-order valence-electron chi connectivity index (χ1n) is 6.91. The summed E-state index contributed by atoms with van der Waals surface area (Å²) in [5, 5.41) is 0. The first-order valence-corrected chi connectivity index (χ1v) is 8.35. The van der Waals surface area contributed by atoms with Crippen LogP contribution in [-0.2, 0) is 10.0 Å². The number of likely N-dealkylation sites (N-methyl/N-ethyl adjacent to an activating group) is 2. The van der Waals surface area contributed by atoms with Gasteiger partial charge in [0.05, 0.1) is 0 Å². The van der Waals surface area contributed by atoms with Gasteiger partial charge in [-0.15, -0.1) is 0 Å². The first kappa shape index (κ1) is 15.4. The summed E-state index contributed by atoms with van der Waals surface area (Å²) < 4.78 is 39.8. The van der Waals surface area contributed by atoms with Crippen molar-refractivity contribution in [2.45, 2.75) is 30.7 Å². The molecule has 2 rings (SSSR count). The van der Waals surface area contributed by atoms with Crippen LogP contribution >= 0.6 is 0 Å². The van der Waals surface area contributed by atoms with E-state index in [0.717, 1.165) is 25.9 Å². The Balaban J connectivity index is 2.16. The number of likely N-dealkylation sites (tertiary alicyclic amines) is 1. The normalized spacial score (nSPS) is 20.7. The molecule has 20 heavy (non-hydrogen) atoms. The van der Waals surface area contributed by atoms with E-state index in [4.69, 9.17) is 0 Å². The second-order valence-electron chi connectivity index (χ2n) is 5.14. The van der Waals surface area contributed by atoms with Gasteiger partial charge in [-0.2, -0.15) is 4.31 Å². The number of hydrogen-bond acceptors (Lipinski definition) is 3. The molecule has 0 N–H and O–H groups in total. The van der Waals surface area contributed by atoms with E-state index in [-0.39, 0.29) is 10.9 Å². The second kappa shape index (κ2) is 6.20. The van der Waals surface area contributed by atoms with Crippen LogP contribution in [0.2, 0.25) is 0 Å². The summed E-state index contributed by atoms with van der Waals surface area (Å²) in [6, 6.07) is 5.75. The molecule has 1 atom stereocenters. The summed E-state index contributed by atoms with van der Waals surface area (Å²) in [6.07, 6.45) is 2.08. The molecule has 1 aromatic rings. The van der Waals surface area contributed by atoms with Crippen LogP contribution in [0.3, 0.4) is 0 Å². The lowest BCUT2D eigenvalue weighted by atomic mass is 10.2. The highest BCUT2D eigenvalue weighted by atomic mass is 32.2. The van der Waals surface area contributed by atoms with Crippen molar-refractivity contribution in [3.63, 3.8) is 0 Å². The average Bonchev–Trinajstić information content (AvgIpc) is 2.86. The van der Waals surface area contributed by atoms with Gasteiger partial charge in [0.1, 0.15) is 10.7 Å². The molecule has 1 aliphatic rings. The van der Waals surface area contributed by atoms with Crippen molar-refractivity contribution >= 4 is 10.0 Å². The van der Waals surface area contributed by atoms with Gasteiger partial charge in [-0.3, -0.25) is 4.90 Å². The third kappa shape index (κ3) is 3.02. The van der Waals surface area contributed by atoms with Crippen molar-refractivity contribution in [3.8, 4) is 0 Å². The lowest BCUT2D eigenvalue weighted by Gasteiger charge is -2.27. The molecule has 1 aliphatic heterocycles. The molecule has 0 aliphatic carbocycles. The first-order chi connectivity index (χ1) is 9.46. The quantitative estimate of drug-likeness (QED) is 0.834. The Morgan fingerprint density at radius 1 is 1.40 bits per heavy atom. The van der Waals surface area contributed by atoms with Crippen molar-refractivity contribution in [2.75, 3.05) is 26.7 Å². The predicted octanol–water partition coefficient (Wildman–Crippen LogP) is 1.93. The zero-order valence-electron chi connectivity index (χ0n) is 11.9. The molecular formula is C14H21FN2O2S. The maximum absolute atomic E-state index is 13.7. The Kier molecular flexibility index (Phi) is 4.78. The maximum Gasteiger partial charge on any atom is 0.245 e. The van der Waals surface area contributed by atoms with Crippen molar-refractivity contribution in [3.05, 3.63) is 30.1 Å². The summed E-state index contributed by atoms with van der Waals surface area (Å²) in [5.74, 6) is -0.696. The molecule has 0 spiro atoms. The third-order valence-electron chi connectivity index (χ3n) is 3.90. The van der Waals surface area contributed by atoms with Crippen LogP contribution in [-0.4, -0.2) is 50.3 Å². The molecule has 1 heterocycles. The molecule has 1 unspecified atom stereocenters. The number of benzene rings is 1. The number of sulfonamides is 1. The molecule has 0 radical (unpaired) electrons. The number of rotatable bonds is 5. The SMILES string of the molecule is CCN1CCCC1CN(C)S(=O)(=O)c1ccccc1F. The molecule has 0 aromatic heterocycles. The Hall–Kier alpha value is -0.980. The fourth-order valence-electron chi connectivity index (χ4n) is 2.73. The summed E-state index contributed by atoms with van der Waals surface area (Å²) in [4.78, 5) is 2.02. The number of halogens is 1. The minimum atomic E-state index is -3.76. The molecule has 112 valence electrons. The Bertz CT molecular complexity index is 562. The van der Waals surface area contributed by atoms with Crippen LogP contribution in [0.25, 0.3) is 0 Å². The fourth-order valence-corrected chi connectivity index (χ4v) is 4.00. The maximum atomic E-state index is 13.7. The Labute approximate surface area is 120 Å². The van der Waals surface area contributed by atoms with Gasteiger partial charge in [0.15, 0.2) is 0 Å². The molecule has 6 heteroatoms. The topological polar surface area (TPSA) is 40.6 Å². The van der Waals surface area contributed by atoms with Gasteiger partial charge in [-0.1, -0.05) is 19.1 Å². The van der Waals surface area contributed by atoms with Crippen LogP contribution in [0.4, 0.5) is 4.39 Å². The fraction of sp³-hybridized carbons (Fsp3) is 0.571. The zero-order chi connectivity index (χ0) is 14.8. The lowest BCUT2D eigenvalue weighted by Crippen LogP contribution is -2.41. The van der Waals surface area contributed by atoms with Gasteiger partial charge in [-0.05, 0) is 38.1 Å². The summed E-state index contributed by atoms with van der Waals surface area (Å²) >= 11 is 0. The molecule has 4 nitrogen and oxygen atoms in total. The van der Waals surface area contributed by atoms with E-state index >= 15 is 0 Å². The minimum Gasteiger partial charge on any atom is -0.299 e. The van der Waals surface area contributed by atoms with Gasteiger partial charge in [-0.25, -0.2) is 12.8 Å². The molecule has 0 amide bonds. The molecule has 0 bridgehead atoms. The summed E-state index contributed by atoms with van der Waals surface area (Å²) in [6.45, 7) is 4.40. The van der Waals surface area contributed by atoms with E-state index in [9.17, 15) is 12.8 Å². The summed E-state index contributed by atoms with van der Waals surface area (Å²) in [5.41, 5.74) is 0. The van der Waals surface area contributed by atoms with Crippen LogP contribution in [0.5, 0.6) is 0 Å². The Morgan fingerprint density at radius 2 is 2.10 bits per heavy atom. The largest absolute Gasteiger partial charge is 0.299 e. The molecule has 1 fully saturated rings. The van der Waals surface area contributed by atoms with Crippen LogP contribution in [0.15, 0.2) is 29.2 Å². The van der Waals surface area contributed by atoms with E-state index < -0.39 is 15.8 Å². The highest BCUT2D eigenvalue weighted by molar-refractivity contribution is 7.89. The highest BCUT2D eigenvalue weighted by Crippen LogP contribution is 2.22. The van der Waals surface area contributed by atoms with Crippen molar-refractivity contribution < 1.29 is 12.8 Å². The monoisotopic (exact) mass is 300 g/mol. The standard InChI is InChI=1S/C14H21FN2O2S/c1-3-17-10-6-7-12(17)11-16(2)20(18,19)14-9-5-4-8-13(14)15/h4-5,8-9,12H,3,6-7,10-11H2,1-2H3. The van der Waals surface area contributed by atoms with Crippen LogP contribution in [0, 0.1) is 5.82 Å². The van der Waals surface area contributed by atoms with E-state index in [1.54, 1.807) is 0 Å². The van der Waals surface area contributed by atoms with Gasteiger partial charge in [0.25, 0.3) is 0 Å². The van der Waals surface area contributed by atoms with E-state index in [1.807, 2.05) is 0 Å². The summed E-state index contributed by atoms with van der Waals surface area (Å²) in [7, 11) is -2.24. The van der Waals surface area contributed by atoms with Gasteiger partial charge in [0.2, 0.25) is 10.0 Å². The minimum absolute atomic E-state index is 0.228. The van der Waals surface area contributed by atoms with Gasteiger partial charge in [0, 0.05) is 19.6 Å². The Morgan fingerprint density at radius 3 is 2.75 bits per heavy atom. The molecular weight excluding hydrogens is 279 g/mol. The zero-order valence-corrected chi connectivity index (χ0v) is 12.7. The number of hydrogen-bond donors (Lipinski definition) is 0. The average molecular weight is 300 g/mol. The van der Waals surface area contributed by atoms with E-state index in [0.29, 0.717) is 6.54 Å². The van der Waals surface area contributed by atoms with Crippen LogP contribution < -0.4 is 0 Å². The predicted molar refractivity (Wildman–Crippen MR) is 76.5 cm³/mol. The van der Waals surface area contributed by atoms with E-state index in [1.165, 1.54) is 35.6 Å². The van der Waals surface area contributed by atoms with Gasteiger partial charge >= 0.3 is 0 Å². The molecule has 1 saturated heterocycles. The smallest absolute Gasteiger partial charge is 0.245 e. The molecule has 0 saturated carbocycles. The highest BCUT2D eigenvalue weighted by Gasteiger charge is 2.30. The van der Waals surface area contributed by atoms with Crippen molar-refractivity contribution in [1.82, 2.24) is 9.21 Å². The van der Waals surface area contributed by atoms with Gasteiger partial charge < -0.3 is 0 Å². The third-order valence-corrected chi connectivity index (χ3v) is 5.75.